The van der Waals surface area contributed by atoms with E-state index in [9.17, 15) is 9.59 Å². The maximum absolute atomic E-state index is 12.6. The van der Waals surface area contributed by atoms with Gasteiger partial charge in [0.2, 0.25) is 5.91 Å². The van der Waals surface area contributed by atoms with Crippen molar-refractivity contribution in [3.8, 4) is 0 Å². The van der Waals surface area contributed by atoms with Gasteiger partial charge in [0.15, 0.2) is 0 Å². The first-order valence-corrected chi connectivity index (χ1v) is 7.20. The SMILES string of the molecule is CNC(=O)C1(NC(=O)C2=CC=C3C2=CC2=CC23)CC=CC1. The van der Waals surface area contributed by atoms with Crippen LogP contribution < -0.4 is 10.6 Å². The summed E-state index contributed by atoms with van der Waals surface area (Å²) in [6.45, 7) is 0. The van der Waals surface area contributed by atoms with Crippen LogP contribution in [-0.4, -0.2) is 24.4 Å². The van der Waals surface area contributed by atoms with Gasteiger partial charge < -0.3 is 10.6 Å². The van der Waals surface area contributed by atoms with E-state index >= 15 is 0 Å². The zero-order valence-electron chi connectivity index (χ0n) is 11.8. The molecule has 0 saturated heterocycles. The molecule has 4 aliphatic carbocycles. The van der Waals surface area contributed by atoms with E-state index in [1.165, 1.54) is 11.1 Å². The number of hydrogen-bond acceptors (Lipinski definition) is 2. The number of amides is 2. The van der Waals surface area contributed by atoms with Crippen LogP contribution >= 0.6 is 0 Å². The molecule has 0 aromatic rings. The molecular weight excluding hydrogens is 264 g/mol. The Morgan fingerprint density at radius 1 is 1.24 bits per heavy atom. The Labute approximate surface area is 123 Å². The molecule has 0 aliphatic heterocycles. The van der Waals surface area contributed by atoms with Crippen molar-refractivity contribution in [1.29, 1.82) is 0 Å². The van der Waals surface area contributed by atoms with Gasteiger partial charge in [0.1, 0.15) is 5.54 Å². The maximum atomic E-state index is 12.6. The number of fused-ring (bicyclic) bond motifs is 3. The van der Waals surface area contributed by atoms with Crippen molar-refractivity contribution in [1.82, 2.24) is 10.6 Å². The predicted molar refractivity (Wildman–Crippen MR) is 79.1 cm³/mol. The smallest absolute Gasteiger partial charge is 0.252 e. The summed E-state index contributed by atoms with van der Waals surface area (Å²) in [4.78, 5) is 24.8. The average Bonchev–Trinajstić information content (AvgIpc) is 2.86. The quantitative estimate of drug-likeness (QED) is 0.766. The number of likely N-dealkylation sites (N-methyl/N-ethyl adjacent to an activating group) is 1. The molecule has 21 heavy (non-hydrogen) atoms. The Hall–Kier alpha value is -2.36. The van der Waals surface area contributed by atoms with Crippen LogP contribution in [-0.2, 0) is 9.59 Å². The van der Waals surface area contributed by atoms with Gasteiger partial charge in [0, 0.05) is 18.5 Å². The summed E-state index contributed by atoms with van der Waals surface area (Å²) >= 11 is 0. The lowest BCUT2D eigenvalue weighted by atomic mass is 9.93. The molecule has 0 spiro atoms. The Morgan fingerprint density at radius 3 is 2.71 bits per heavy atom. The number of carbonyl (C=O) groups excluding carboxylic acids is 2. The van der Waals surface area contributed by atoms with Crippen LogP contribution in [0.1, 0.15) is 12.8 Å². The molecule has 0 bridgehead atoms. The van der Waals surface area contributed by atoms with E-state index in [1.807, 2.05) is 24.3 Å². The lowest BCUT2D eigenvalue weighted by Crippen LogP contribution is -2.57. The first kappa shape index (κ1) is 12.4. The highest BCUT2D eigenvalue weighted by molar-refractivity contribution is 6.05. The van der Waals surface area contributed by atoms with Crippen LogP contribution in [0.4, 0.5) is 0 Å². The van der Waals surface area contributed by atoms with E-state index in [0.717, 1.165) is 5.57 Å². The van der Waals surface area contributed by atoms with Crippen molar-refractivity contribution < 1.29 is 9.59 Å². The summed E-state index contributed by atoms with van der Waals surface area (Å²) in [6, 6.07) is 0. The van der Waals surface area contributed by atoms with Crippen molar-refractivity contribution in [3.63, 3.8) is 0 Å². The standard InChI is InChI=1S/C17H16N2O2/c1-18-16(21)17(6-2-3-7-17)19-15(20)12-5-4-11-13-8-10(13)9-14(11)12/h2-5,8-9,13H,6-7H2,1H3,(H,18,21)(H,19,20). The number of hydrogen-bond donors (Lipinski definition) is 2. The lowest BCUT2D eigenvalue weighted by molar-refractivity contribution is -0.131. The lowest BCUT2D eigenvalue weighted by Gasteiger charge is -2.28. The highest BCUT2D eigenvalue weighted by Gasteiger charge is 2.43. The summed E-state index contributed by atoms with van der Waals surface area (Å²) in [6.07, 6.45) is 13.1. The first-order chi connectivity index (χ1) is 10.1. The van der Waals surface area contributed by atoms with Gasteiger partial charge in [-0.25, -0.2) is 0 Å². The molecule has 4 heteroatoms. The number of carbonyl (C=O) groups is 2. The molecule has 0 saturated carbocycles. The molecule has 1 unspecified atom stereocenters. The summed E-state index contributed by atoms with van der Waals surface area (Å²) in [5.74, 6) is 0.128. The Morgan fingerprint density at radius 2 is 2.00 bits per heavy atom. The molecule has 2 N–H and O–H groups in total. The fourth-order valence-corrected chi connectivity index (χ4v) is 3.38. The van der Waals surface area contributed by atoms with Gasteiger partial charge in [0.25, 0.3) is 5.91 Å². The van der Waals surface area contributed by atoms with E-state index in [4.69, 9.17) is 0 Å². The van der Waals surface area contributed by atoms with E-state index in [0.29, 0.717) is 24.3 Å². The highest BCUT2D eigenvalue weighted by Crippen LogP contribution is 2.51. The normalized spacial score (nSPS) is 26.2. The first-order valence-electron chi connectivity index (χ1n) is 7.20. The zero-order chi connectivity index (χ0) is 14.6. The third kappa shape index (κ3) is 1.68. The third-order valence-corrected chi connectivity index (χ3v) is 4.64. The van der Waals surface area contributed by atoms with Crippen molar-refractivity contribution >= 4 is 11.8 Å². The van der Waals surface area contributed by atoms with Gasteiger partial charge in [-0.2, -0.15) is 0 Å². The number of nitrogens with one attached hydrogen (secondary N) is 2. The Balaban J connectivity index is 1.55. The molecule has 0 heterocycles. The molecular formula is C17H16N2O2. The van der Waals surface area contributed by atoms with Crippen molar-refractivity contribution in [3.05, 3.63) is 58.7 Å². The fourth-order valence-electron chi connectivity index (χ4n) is 3.38. The minimum atomic E-state index is -0.837. The topological polar surface area (TPSA) is 58.2 Å². The molecule has 4 rings (SSSR count). The van der Waals surface area contributed by atoms with Crippen LogP contribution in [0.2, 0.25) is 0 Å². The minimum Gasteiger partial charge on any atom is -0.357 e. The van der Waals surface area contributed by atoms with Crippen LogP contribution in [0.15, 0.2) is 58.7 Å². The number of rotatable bonds is 3. The van der Waals surface area contributed by atoms with Crippen LogP contribution in [0.25, 0.3) is 0 Å². The van der Waals surface area contributed by atoms with Gasteiger partial charge in [-0.3, -0.25) is 9.59 Å². The van der Waals surface area contributed by atoms with Crippen LogP contribution in [0.5, 0.6) is 0 Å². The van der Waals surface area contributed by atoms with Crippen LogP contribution in [0.3, 0.4) is 0 Å². The second-order valence-electron chi connectivity index (χ2n) is 5.90. The second-order valence-corrected chi connectivity index (χ2v) is 5.90. The monoisotopic (exact) mass is 280 g/mol. The van der Waals surface area contributed by atoms with Gasteiger partial charge in [0.05, 0.1) is 0 Å². The zero-order valence-corrected chi connectivity index (χ0v) is 11.8. The molecule has 106 valence electrons. The average molecular weight is 280 g/mol. The third-order valence-electron chi connectivity index (χ3n) is 4.64. The molecule has 0 fully saturated rings. The Bertz CT molecular complexity index is 711. The van der Waals surface area contributed by atoms with E-state index in [-0.39, 0.29) is 11.8 Å². The second kappa shape index (κ2) is 4.07. The highest BCUT2D eigenvalue weighted by atomic mass is 16.2. The van der Waals surface area contributed by atoms with E-state index in [1.54, 1.807) is 7.05 Å². The minimum absolute atomic E-state index is 0.140. The van der Waals surface area contributed by atoms with E-state index in [2.05, 4.69) is 22.8 Å². The van der Waals surface area contributed by atoms with Gasteiger partial charge >= 0.3 is 0 Å². The van der Waals surface area contributed by atoms with Crippen LogP contribution in [0, 0.1) is 5.92 Å². The fraction of sp³-hybridized carbons (Fsp3) is 0.294. The molecule has 1 atom stereocenters. The molecule has 4 nitrogen and oxygen atoms in total. The molecule has 0 aromatic heterocycles. The number of allylic oxidation sites excluding steroid dienone is 6. The van der Waals surface area contributed by atoms with E-state index < -0.39 is 5.54 Å². The van der Waals surface area contributed by atoms with Crippen molar-refractivity contribution in [2.75, 3.05) is 7.05 Å². The van der Waals surface area contributed by atoms with Gasteiger partial charge in [-0.05, 0) is 41.7 Å². The molecule has 2 amide bonds. The summed E-state index contributed by atoms with van der Waals surface area (Å²) in [7, 11) is 1.60. The van der Waals surface area contributed by atoms with Gasteiger partial charge in [-0.1, -0.05) is 24.3 Å². The maximum Gasteiger partial charge on any atom is 0.252 e. The van der Waals surface area contributed by atoms with Crippen molar-refractivity contribution in [2.24, 2.45) is 5.92 Å². The molecule has 0 radical (unpaired) electrons. The van der Waals surface area contributed by atoms with Crippen molar-refractivity contribution in [2.45, 2.75) is 18.4 Å². The molecule has 0 aromatic carbocycles. The summed E-state index contributed by atoms with van der Waals surface area (Å²) in [5, 5.41) is 5.61. The molecule has 4 aliphatic rings. The largest absolute Gasteiger partial charge is 0.357 e. The predicted octanol–water partition coefficient (Wildman–Crippen LogP) is 1.30. The summed E-state index contributed by atoms with van der Waals surface area (Å²) < 4.78 is 0. The summed E-state index contributed by atoms with van der Waals surface area (Å²) in [5.41, 5.74) is 3.38. The Kier molecular flexibility index (Phi) is 2.40. The van der Waals surface area contributed by atoms with Gasteiger partial charge in [-0.15, -0.1) is 0 Å².